The van der Waals surface area contributed by atoms with Crippen molar-refractivity contribution in [2.75, 3.05) is 18.4 Å². The summed E-state index contributed by atoms with van der Waals surface area (Å²) in [5.41, 5.74) is 0.712. The molecule has 0 radical (unpaired) electrons. The molecule has 0 saturated carbocycles. The zero-order valence-electron chi connectivity index (χ0n) is 20.2. The molecule has 8 nitrogen and oxygen atoms in total. The van der Waals surface area contributed by atoms with Crippen molar-refractivity contribution in [3.63, 3.8) is 0 Å². The number of carbonyl (C=O) groups is 2. The van der Waals surface area contributed by atoms with E-state index in [0.29, 0.717) is 25.6 Å². The van der Waals surface area contributed by atoms with Crippen LogP contribution in [0.2, 0.25) is 0 Å². The van der Waals surface area contributed by atoms with Gasteiger partial charge in [-0.15, -0.1) is 0 Å². The Morgan fingerprint density at radius 3 is 2.16 bits per heavy atom. The highest BCUT2D eigenvalue weighted by molar-refractivity contribution is 5.92. The number of hydrogen-bond donors (Lipinski definition) is 4. The fourth-order valence-corrected chi connectivity index (χ4v) is 2.42. The van der Waals surface area contributed by atoms with E-state index in [4.69, 9.17) is 4.74 Å². The molecule has 0 unspecified atom stereocenters. The van der Waals surface area contributed by atoms with Gasteiger partial charge in [0.25, 0.3) is 0 Å². The molecule has 0 atom stereocenters. The quantitative estimate of drug-likeness (QED) is 0.370. The fourth-order valence-electron chi connectivity index (χ4n) is 2.42. The number of nitrogens with one attached hydrogen (secondary N) is 4. The SMILES string of the molecule is CCNC(=NCc1ccc(NC(=O)C(C)C)cc1)NCC(C)(C)NC(=O)OC(C)(C)C. The molecule has 0 aliphatic heterocycles. The van der Waals surface area contributed by atoms with E-state index in [1.165, 1.54) is 0 Å². The Kier molecular flexibility index (Phi) is 9.81. The number of benzene rings is 1. The van der Waals surface area contributed by atoms with Gasteiger partial charge >= 0.3 is 6.09 Å². The molecule has 0 spiro atoms. The lowest BCUT2D eigenvalue weighted by atomic mass is 10.1. The van der Waals surface area contributed by atoms with Gasteiger partial charge < -0.3 is 26.0 Å². The molecule has 1 aromatic rings. The Hall–Kier alpha value is -2.77. The number of alkyl carbamates (subject to hydrolysis) is 1. The molecule has 31 heavy (non-hydrogen) atoms. The molecule has 0 aliphatic carbocycles. The van der Waals surface area contributed by atoms with E-state index in [-0.39, 0.29) is 11.8 Å². The fraction of sp³-hybridized carbons (Fsp3) is 0.609. The maximum Gasteiger partial charge on any atom is 0.408 e. The molecule has 1 aromatic carbocycles. The number of aliphatic imine (C=N–C) groups is 1. The van der Waals surface area contributed by atoms with Crippen molar-refractivity contribution >= 4 is 23.6 Å². The number of guanidine groups is 1. The second-order valence-corrected chi connectivity index (χ2v) is 9.40. The standard InChI is InChI=1S/C23H39N5O3/c1-9-24-20(26-15-23(7,8)28-21(30)31-22(4,5)6)25-14-17-10-12-18(13-11-17)27-19(29)16(2)3/h10-13,16H,9,14-15H2,1-8H3,(H,27,29)(H,28,30)(H2,24,25,26). The van der Waals surface area contributed by atoms with E-state index in [0.717, 1.165) is 11.3 Å². The molecule has 4 N–H and O–H groups in total. The van der Waals surface area contributed by atoms with Crippen molar-refractivity contribution in [3.05, 3.63) is 29.8 Å². The van der Waals surface area contributed by atoms with E-state index in [9.17, 15) is 9.59 Å². The predicted molar refractivity (Wildman–Crippen MR) is 126 cm³/mol. The summed E-state index contributed by atoms with van der Waals surface area (Å²) >= 11 is 0. The van der Waals surface area contributed by atoms with Crippen LogP contribution in [0.3, 0.4) is 0 Å². The Bertz CT molecular complexity index is 749. The summed E-state index contributed by atoms with van der Waals surface area (Å²) < 4.78 is 5.33. The summed E-state index contributed by atoms with van der Waals surface area (Å²) in [5.74, 6) is 0.581. The van der Waals surface area contributed by atoms with Crippen LogP contribution in [0.1, 0.15) is 61.0 Å². The van der Waals surface area contributed by atoms with Gasteiger partial charge in [-0.25, -0.2) is 9.79 Å². The van der Waals surface area contributed by atoms with E-state index in [1.807, 2.05) is 79.7 Å². The molecule has 2 amide bonds. The third-order valence-electron chi connectivity index (χ3n) is 4.05. The molecule has 8 heteroatoms. The highest BCUT2D eigenvalue weighted by Crippen LogP contribution is 2.12. The minimum Gasteiger partial charge on any atom is -0.444 e. The predicted octanol–water partition coefficient (Wildman–Crippen LogP) is 3.64. The first kappa shape index (κ1) is 26.3. The molecule has 0 fully saturated rings. The van der Waals surface area contributed by atoms with Crippen LogP contribution in [-0.2, 0) is 16.1 Å². The lowest BCUT2D eigenvalue weighted by Gasteiger charge is -2.29. The minimum atomic E-state index is -0.545. The van der Waals surface area contributed by atoms with Gasteiger partial charge in [-0.2, -0.15) is 0 Å². The molecule has 0 saturated heterocycles. The van der Waals surface area contributed by atoms with Crippen LogP contribution in [0.15, 0.2) is 29.3 Å². The smallest absolute Gasteiger partial charge is 0.408 e. The number of amides is 2. The average Bonchev–Trinajstić information content (AvgIpc) is 2.63. The van der Waals surface area contributed by atoms with Crippen LogP contribution in [0.4, 0.5) is 10.5 Å². The van der Waals surface area contributed by atoms with Crippen molar-refractivity contribution in [2.24, 2.45) is 10.9 Å². The van der Waals surface area contributed by atoms with Gasteiger partial charge in [0.15, 0.2) is 5.96 Å². The van der Waals surface area contributed by atoms with Gasteiger partial charge in [0.05, 0.1) is 12.1 Å². The van der Waals surface area contributed by atoms with Crippen LogP contribution in [0, 0.1) is 5.92 Å². The molecule has 0 heterocycles. The van der Waals surface area contributed by atoms with Crippen molar-refractivity contribution in [3.8, 4) is 0 Å². The lowest BCUT2D eigenvalue weighted by Crippen LogP contribution is -2.54. The number of hydrogen-bond acceptors (Lipinski definition) is 4. The summed E-state index contributed by atoms with van der Waals surface area (Å²) in [4.78, 5) is 28.4. The first-order valence-corrected chi connectivity index (χ1v) is 10.7. The molecule has 0 aromatic heterocycles. The number of ether oxygens (including phenoxy) is 1. The van der Waals surface area contributed by atoms with E-state index >= 15 is 0 Å². The molecule has 0 bridgehead atoms. The monoisotopic (exact) mass is 433 g/mol. The molecule has 0 aliphatic rings. The number of nitrogens with zero attached hydrogens (tertiary/aromatic N) is 1. The van der Waals surface area contributed by atoms with Crippen LogP contribution in [0.25, 0.3) is 0 Å². The normalized spacial score (nSPS) is 12.4. The summed E-state index contributed by atoms with van der Waals surface area (Å²) in [5, 5.41) is 12.2. The maximum atomic E-state index is 12.1. The summed E-state index contributed by atoms with van der Waals surface area (Å²) in [7, 11) is 0. The van der Waals surface area contributed by atoms with Crippen molar-refractivity contribution < 1.29 is 14.3 Å². The zero-order chi connectivity index (χ0) is 23.7. The maximum absolute atomic E-state index is 12.1. The highest BCUT2D eigenvalue weighted by atomic mass is 16.6. The topological polar surface area (TPSA) is 104 Å². The number of carbonyl (C=O) groups excluding carboxylic acids is 2. The Morgan fingerprint density at radius 1 is 1.03 bits per heavy atom. The molecular formula is C23H39N5O3. The third kappa shape index (κ3) is 11.3. The van der Waals surface area contributed by atoms with Gasteiger partial charge in [-0.05, 0) is 59.2 Å². The largest absolute Gasteiger partial charge is 0.444 e. The van der Waals surface area contributed by atoms with E-state index in [1.54, 1.807) is 0 Å². The minimum absolute atomic E-state index is 0.00740. The van der Waals surface area contributed by atoms with Crippen LogP contribution >= 0.6 is 0 Å². The molecule has 1 rings (SSSR count). The summed E-state index contributed by atoms with van der Waals surface area (Å²) in [6, 6.07) is 7.63. The van der Waals surface area contributed by atoms with Crippen molar-refractivity contribution in [1.82, 2.24) is 16.0 Å². The lowest BCUT2D eigenvalue weighted by molar-refractivity contribution is -0.118. The van der Waals surface area contributed by atoms with Crippen LogP contribution in [0.5, 0.6) is 0 Å². The Balaban J connectivity index is 2.66. The summed E-state index contributed by atoms with van der Waals surface area (Å²) in [6.07, 6.45) is -0.453. The highest BCUT2D eigenvalue weighted by Gasteiger charge is 2.24. The van der Waals surface area contributed by atoms with E-state index < -0.39 is 17.2 Å². The number of rotatable bonds is 8. The van der Waals surface area contributed by atoms with Gasteiger partial charge in [0.2, 0.25) is 5.91 Å². The van der Waals surface area contributed by atoms with Gasteiger partial charge in [-0.1, -0.05) is 26.0 Å². The van der Waals surface area contributed by atoms with Crippen molar-refractivity contribution in [1.29, 1.82) is 0 Å². The summed E-state index contributed by atoms with van der Waals surface area (Å²) in [6.45, 7) is 16.7. The average molecular weight is 434 g/mol. The Labute approximate surface area is 186 Å². The Morgan fingerprint density at radius 2 is 1.65 bits per heavy atom. The molecule has 174 valence electrons. The second-order valence-electron chi connectivity index (χ2n) is 9.40. The first-order chi connectivity index (χ1) is 14.3. The van der Waals surface area contributed by atoms with Crippen molar-refractivity contribution in [2.45, 2.75) is 73.1 Å². The molecular weight excluding hydrogens is 394 g/mol. The van der Waals surface area contributed by atoms with Crippen LogP contribution < -0.4 is 21.3 Å². The number of anilines is 1. The van der Waals surface area contributed by atoms with Crippen LogP contribution in [-0.4, -0.2) is 42.2 Å². The van der Waals surface area contributed by atoms with E-state index in [2.05, 4.69) is 26.3 Å². The third-order valence-corrected chi connectivity index (χ3v) is 4.05. The van der Waals surface area contributed by atoms with Gasteiger partial charge in [-0.3, -0.25) is 4.79 Å². The zero-order valence-corrected chi connectivity index (χ0v) is 20.2. The second kappa shape index (κ2) is 11.6. The van der Waals surface area contributed by atoms with Gasteiger partial charge in [0, 0.05) is 24.7 Å². The van der Waals surface area contributed by atoms with Gasteiger partial charge in [0.1, 0.15) is 5.60 Å². The first-order valence-electron chi connectivity index (χ1n) is 10.7.